The summed E-state index contributed by atoms with van der Waals surface area (Å²) in [4.78, 5) is 42.2. The van der Waals surface area contributed by atoms with Gasteiger partial charge in [-0.15, -0.1) is 0 Å². The van der Waals surface area contributed by atoms with Gasteiger partial charge in [-0.05, 0) is 100 Å². The average molecular weight is 558 g/mol. The molecule has 2 aromatic carbocycles. The van der Waals surface area contributed by atoms with Gasteiger partial charge in [0.15, 0.2) is 0 Å². The van der Waals surface area contributed by atoms with Gasteiger partial charge in [-0.25, -0.2) is 4.79 Å². The molecule has 2 rings (SSSR count). The Morgan fingerprint density at radius 2 is 1.69 bits per heavy atom. The molecule has 214 valence electrons. The molecule has 0 aromatic heterocycles. The highest BCUT2D eigenvalue weighted by molar-refractivity contribution is 7.98. The molecule has 0 radical (unpaired) electrons. The highest BCUT2D eigenvalue weighted by atomic mass is 32.2. The number of hydrogen-bond donors (Lipinski definition) is 2. The molecule has 0 bridgehead atoms. The second-order valence-electron chi connectivity index (χ2n) is 10.5. The summed E-state index contributed by atoms with van der Waals surface area (Å²) >= 11 is 1.58. The van der Waals surface area contributed by atoms with Crippen LogP contribution in [0.5, 0.6) is 5.75 Å². The Bertz CT molecular complexity index is 1110. The van der Waals surface area contributed by atoms with Crippen LogP contribution < -0.4 is 15.4 Å². The highest BCUT2D eigenvalue weighted by Gasteiger charge is 2.36. The molecule has 0 aliphatic heterocycles. The molecule has 9 heteroatoms. The molecule has 2 atom stereocenters. The fraction of sp³-hybridized carbons (Fsp3) is 0.500. The van der Waals surface area contributed by atoms with Crippen molar-refractivity contribution in [1.82, 2.24) is 10.2 Å². The topological polar surface area (TPSA) is 97.0 Å². The van der Waals surface area contributed by atoms with Gasteiger partial charge >= 0.3 is 6.09 Å². The Kier molecular flexibility index (Phi) is 12.2. The number of rotatable bonds is 12. The smallest absolute Gasteiger partial charge is 0.408 e. The van der Waals surface area contributed by atoms with E-state index in [0.717, 1.165) is 11.1 Å². The van der Waals surface area contributed by atoms with Crippen molar-refractivity contribution in [3.63, 3.8) is 0 Å². The van der Waals surface area contributed by atoms with Crippen LogP contribution in [-0.4, -0.2) is 60.1 Å². The first-order valence-corrected chi connectivity index (χ1v) is 14.6. The molecule has 2 N–H and O–H groups in total. The van der Waals surface area contributed by atoms with Gasteiger partial charge in [0.2, 0.25) is 5.91 Å². The lowest BCUT2D eigenvalue weighted by Crippen LogP contribution is -2.52. The fourth-order valence-corrected chi connectivity index (χ4v) is 4.51. The average Bonchev–Trinajstić information content (AvgIpc) is 2.87. The number of methoxy groups -OCH3 is 1. The number of anilines is 1. The number of benzene rings is 2. The van der Waals surface area contributed by atoms with E-state index in [1.165, 1.54) is 0 Å². The summed E-state index contributed by atoms with van der Waals surface area (Å²) in [5.74, 6) is 0.653. The van der Waals surface area contributed by atoms with Crippen molar-refractivity contribution in [3.05, 3.63) is 59.2 Å². The van der Waals surface area contributed by atoms with Crippen molar-refractivity contribution < 1.29 is 23.9 Å². The first-order valence-electron chi connectivity index (χ1n) is 13.2. The third-order valence-electron chi connectivity index (χ3n) is 6.11. The van der Waals surface area contributed by atoms with E-state index in [1.807, 2.05) is 45.2 Å². The molecule has 0 aliphatic rings. The van der Waals surface area contributed by atoms with Gasteiger partial charge in [0.25, 0.3) is 5.91 Å². The van der Waals surface area contributed by atoms with E-state index in [1.54, 1.807) is 68.8 Å². The lowest BCUT2D eigenvalue weighted by atomic mass is 9.98. The number of carbonyl (C=O) groups is 3. The van der Waals surface area contributed by atoms with Crippen molar-refractivity contribution in [2.24, 2.45) is 0 Å². The van der Waals surface area contributed by atoms with Crippen molar-refractivity contribution in [2.45, 2.75) is 72.1 Å². The van der Waals surface area contributed by atoms with Gasteiger partial charge in [0.05, 0.1) is 7.11 Å². The van der Waals surface area contributed by atoms with E-state index in [4.69, 9.17) is 9.47 Å². The van der Waals surface area contributed by atoms with Gasteiger partial charge in [-0.3, -0.25) is 9.59 Å². The van der Waals surface area contributed by atoms with Crippen LogP contribution in [0.1, 0.15) is 63.3 Å². The van der Waals surface area contributed by atoms with Crippen LogP contribution in [0.25, 0.3) is 0 Å². The zero-order valence-electron chi connectivity index (χ0n) is 24.4. The maximum Gasteiger partial charge on any atom is 0.408 e. The Labute approximate surface area is 237 Å². The van der Waals surface area contributed by atoms with Crippen LogP contribution in [0.15, 0.2) is 42.5 Å². The monoisotopic (exact) mass is 557 g/mol. The van der Waals surface area contributed by atoms with Gasteiger partial charge in [0, 0.05) is 12.2 Å². The van der Waals surface area contributed by atoms with Crippen molar-refractivity contribution in [1.29, 1.82) is 0 Å². The summed E-state index contributed by atoms with van der Waals surface area (Å²) in [5.41, 5.74) is 2.69. The Morgan fingerprint density at radius 1 is 1.03 bits per heavy atom. The van der Waals surface area contributed by atoms with Crippen LogP contribution >= 0.6 is 11.8 Å². The first-order chi connectivity index (χ1) is 18.4. The van der Waals surface area contributed by atoms with Gasteiger partial charge in [-0.2, -0.15) is 11.8 Å². The number of aryl methyl sites for hydroxylation is 2. The summed E-state index contributed by atoms with van der Waals surface area (Å²) in [7, 11) is 1.58. The normalized spacial score (nSPS) is 12.7. The standard InChI is InChI=1S/C30H43N3O5S/c1-9-17-33(28(35)25(16-18-39-8)32-29(36)38-30(4,5)6)26(22-11-10-20(2)21(3)19-22)27(34)31-23-12-14-24(37-7)15-13-23/h10-15,19,25-26H,9,16-18H2,1-8H3,(H,31,34)(H,32,36). The summed E-state index contributed by atoms with van der Waals surface area (Å²) in [6, 6.07) is 11.1. The zero-order valence-corrected chi connectivity index (χ0v) is 25.2. The molecule has 0 aliphatic carbocycles. The number of alkyl carbamates (subject to hydrolysis) is 1. The molecule has 39 heavy (non-hydrogen) atoms. The van der Waals surface area contributed by atoms with Gasteiger partial charge in [0.1, 0.15) is 23.4 Å². The van der Waals surface area contributed by atoms with Crippen molar-refractivity contribution in [2.75, 3.05) is 31.0 Å². The fourth-order valence-electron chi connectivity index (χ4n) is 4.04. The molecule has 3 amide bonds. The van der Waals surface area contributed by atoms with Gasteiger partial charge in [-0.1, -0.05) is 25.1 Å². The minimum absolute atomic E-state index is 0.329. The van der Waals surface area contributed by atoms with E-state index >= 15 is 0 Å². The van der Waals surface area contributed by atoms with E-state index < -0.39 is 23.8 Å². The number of nitrogens with zero attached hydrogens (tertiary/aromatic N) is 1. The Balaban J connectivity index is 2.50. The molecule has 0 fully saturated rings. The maximum atomic E-state index is 14.1. The highest BCUT2D eigenvalue weighted by Crippen LogP contribution is 2.27. The molecule has 0 saturated carbocycles. The molecule has 0 saturated heterocycles. The predicted molar refractivity (Wildman–Crippen MR) is 158 cm³/mol. The van der Waals surface area contributed by atoms with E-state index in [2.05, 4.69) is 10.6 Å². The molecular weight excluding hydrogens is 514 g/mol. The van der Waals surface area contributed by atoms with Gasteiger partial charge < -0.3 is 25.0 Å². The third-order valence-corrected chi connectivity index (χ3v) is 6.76. The first kappa shape index (κ1) is 32.0. The van der Waals surface area contributed by atoms with E-state index in [0.29, 0.717) is 42.1 Å². The maximum absolute atomic E-state index is 14.1. The van der Waals surface area contributed by atoms with Crippen LogP contribution in [-0.2, 0) is 14.3 Å². The number of carbonyl (C=O) groups excluding carboxylic acids is 3. The second-order valence-corrected chi connectivity index (χ2v) is 11.5. The summed E-state index contributed by atoms with van der Waals surface area (Å²) in [5, 5.41) is 5.73. The molecule has 0 spiro atoms. The summed E-state index contributed by atoms with van der Waals surface area (Å²) < 4.78 is 10.7. The largest absolute Gasteiger partial charge is 0.497 e. The van der Waals surface area contributed by atoms with Crippen LogP contribution in [0, 0.1) is 13.8 Å². The molecule has 2 aromatic rings. The summed E-state index contributed by atoms with van der Waals surface area (Å²) in [6.45, 7) is 11.6. The van der Waals surface area contributed by atoms with E-state index in [-0.39, 0.29) is 11.8 Å². The SMILES string of the molecule is CCCN(C(=O)C(CCSC)NC(=O)OC(C)(C)C)C(C(=O)Nc1ccc(OC)cc1)c1ccc(C)c(C)c1. The lowest BCUT2D eigenvalue weighted by molar-refractivity contribution is -0.140. The van der Waals surface area contributed by atoms with Crippen molar-refractivity contribution >= 4 is 35.4 Å². The van der Waals surface area contributed by atoms with Crippen LogP contribution in [0.4, 0.5) is 10.5 Å². The number of ether oxygens (including phenoxy) is 2. The van der Waals surface area contributed by atoms with Crippen molar-refractivity contribution in [3.8, 4) is 5.75 Å². The predicted octanol–water partition coefficient (Wildman–Crippen LogP) is 5.88. The Hall–Kier alpha value is -3.20. The van der Waals surface area contributed by atoms with Crippen LogP contribution in [0.3, 0.4) is 0 Å². The quantitative estimate of drug-likeness (QED) is 0.338. The molecular formula is C30H43N3O5S. The van der Waals surface area contributed by atoms with Crippen LogP contribution in [0.2, 0.25) is 0 Å². The lowest BCUT2D eigenvalue weighted by Gasteiger charge is -2.34. The summed E-state index contributed by atoms with van der Waals surface area (Å²) in [6.07, 6.45) is 2.31. The number of thioether (sulfide) groups is 1. The Morgan fingerprint density at radius 3 is 2.23 bits per heavy atom. The third kappa shape index (κ3) is 9.80. The number of nitrogens with one attached hydrogen (secondary N) is 2. The second kappa shape index (κ2) is 14.8. The van der Waals surface area contributed by atoms with E-state index in [9.17, 15) is 14.4 Å². The number of hydrogen-bond acceptors (Lipinski definition) is 6. The minimum Gasteiger partial charge on any atom is -0.497 e. The minimum atomic E-state index is -0.906. The molecule has 8 nitrogen and oxygen atoms in total. The zero-order chi connectivity index (χ0) is 29.2. The number of amides is 3. The molecule has 2 unspecified atom stereocenters. The molecule has 0 heterocycles.